The molecule has 0 aliphatic carbocycles. The zero-order chi connectivity index (χ0) is 29.7. The molecule has 0 spiro atoms. The molecule has 10 nitrogen and oxygen atoms in total. The third-order valence-corrected chi connectivity index (χ3v) is 6.68. The molecule has 39 heavy (non-hydrogen) atoms. The maximum Gasteiger partial charge on any atom is 0.461 e. The monoisotopic (exact) mass is 570 g/mol. The SMILES string of the molecule is CC(C)[C@H](NC(=O)CC(=O)N1CCOCC1)C(=O)N1CCC[C@H]1C(=O)N[C@H](C(=O)C(F)(F)C(F)(F)F)C(C)C. The van der Waals surface area contributed by atoms with Crippen LogP contribution in [0.1, 0.15) is 47.0 Å². The lowest BCUT2D eigenvalue weighted by Crippen LogP contribution is -2.60. The minimum atomic E-state index is -6.14. The van der Waals surface area contributed by atoms with Crippen molar-refractivity contribution in [2.45, 2.75) is 77.2 Å². The first-order chi connectivity index (χ1) is 18.0. The van der Waals surface area contributed by atoms with Gasteiger partial charge in [-0.3, -0.25) is 24.0 Å². The molecule has 0 aromatic heterocycles. The van der Waals surface area contributed by atoms with E-state index in [1.807, 2.05) is 5.32 Å². The normalized spacial score (nSPS) is 20.1. The molecule has 0 aromatic rings. The van der Waals surface area contributed by atoms with Gasteiger partial charge in [-0.2, -0.15) is 22.0 Å². The summed E-state index contributed by atoms with van der Waals surface area (Å²) in [5.74, 6) is -12.6. The number of carbonyl (C=O) groups is 5. The predicted octanol–water partition coefficient (Wildman–Crippen LogP) is 1.27. The number of rotatable bonds is 10. The third kappa shape index (κ3) is 7.85. The van der Waals surface area contributed by atoms with Crippen molar-refractivity contribution >= 4 is 29.4 Å². The number of halogens is 5. The molecule has 0 saturated carbocycles. The van der Waals surface area contributed by atoms with E-state index in [0.29, 0.717) is 32.7 Å². The summed E-state index contributed by atoms with van der Waals surface area (Å²) in [6.45, 7) is 7.07. The Balaban J connectivity index is 2.12. The molecule has 2 saturated heterocycles. The lowest BCUT2D eigenvalue weighted by atomic mass is 9.95. The van der Waals surface area contributed by atoms with E-state index in [2.05, 4.69) is 5.32 Å². The van der Waals surface area contributed by atoms with Crippen molar-refractivity contribution in [1.82, 2.24) is 20.4 Å². The fourth-order valence-electron chi connectivity index (χ4n) is 4.40. The maximum atomic E-state index is 13.7. The van der Waals surface area contributed by atoms with E-state index in [-0.39, 0.29) is 13.0 Å². The summed E-state index contributed by atoms with van der Waals surface area (Å²) >= 11 is 0. The van der Waals surface area contributed by atoms with Crippen LogP contribution in [0.15, 0.2) is 0 Å². The van der Waals surface area contributed by atoms with Crippen LogP contribution >= 0.6 is 0 Å². The van der Waals surface area contributed by atoms with Gasteiger partial charge in [-0.05, 0) is 24.7 Å². The minimum Gasteiger partial charge on any atom is -0.378 e. The number of Topliss-reactive ketones (excluding diaryl/α,β-unsaturated/α-hetero) is 1. The van der Waals surface area contributed by atoms with E-state index in [4.69, 9.17) is 4.74 Å². The number of ketones is 1. The number of amides is 4. The first kappa shape index (κ1) is 32.4. The second kappa shape index (κ2) is 13.0. The van der Waals surface area contributed by atoms with Gasteiger partial charge in [0.1, 0.15) is 18.5 Å². The van der Waals surface area contributed by atoms with Crippen molar-refractivity contribution in [3.8, 4) is 0 Å². The smallest absolute Gasteiger partial charge is 0.378 e. The maximum absolute atomic E-state index is 13.7. The molecule has 2 N–H and O–H groups in total. The van der Waals surface area contributed by atoms with Gasteiger partial charge in [0.15, 0.2) is 0 Å². The Hall–Kier alpha value is -2.84. The molecule has 0 aromatic carbocycles. The van der Waals surface area contributed by atoms with Crippen molar-refractivity contribution in [1.29, 1.82) is 0 Å². The van der Waals surface area contributed by atoms with Gasteiger partial charge < -0.3 is 25.2 Å². The van der Waals surface area contributed by atoms with Gasteiger partial charge in [0, 0.05) is 19.6 Å². The largest absolute Gasteiger partial charge is 0.461 e. The topological polar surface area (TPSA) is 125 Å². The van der Waals surface area contributed by atoms with Gasteiger partial charge in [-0.15, -0.1) is 0 Å². The summed E-state index contributed by atoms with van der Waals surface area (Å²) in [5, 5.41) is 4.50. The summed E-state index contributed by atoms with van der Waals surface area (Å²) < 4.78 is 70.9. The lowest BCUT2D eigenvalue weighted by molar-refractivity contribution is -0.270. The number of alkyl halides is 5. The molecular weight excluding hydrogens is 535 g/mol. The quantitative estimate of drug-likeness (QED) is 0.301. The fourth-order valence-corrected chi connectivity index (χ4v) is 4.40. The standard InChI is InChI=1S/C24H35F5N4O6/c1-13(2)18(20(36)23(25,26)24(27,28)29)31-21(37)15-6-5-7-33(15)22(38)19(14(3)4)30-16(34)12-17(35)32-8-10-39-11-9-32/h13-15,18-19H,5-12H2,1-4H3,(H,30,34)(H,31,37)/t15-,18-,19-/m0/s1. The van der Waals surface area contributed by atoms with Crippen molar-refractivity contribution in [2.75, 3.05) is 32.8 Å². The van der Waals surface area contributed by atoms with E-state index in [1.54, 1.807) is 13.8 Å². The molecule has 0 unspecified atom stereocenters. The zero-order valence-corrected chi connectivity index (χ0v) is 22.3. The number of carbonyl (C=O) groups excluding carboxylic acids is 5. The van der Waals surface area contributed by atoms with Crippen LogP contribution in [0, 0.1) is 11.8 Å². The second-order valence-electron chi connectivity index (χ2n) is 10.3. The van der Waals surface area contributed by atoms with Crippen molar-refractivity contribution in [2.24, 2.45) is 11.8 Å². The van der Waals surface area contributed by atoms with Crippen LogP contribution in [0.3, 0.4) is 0 Å². The van der Waals surface area contributed by atoms with E-state index >= 15 is 0 Å². The van der Waals surface area contributed by atoms with Gasteiger partial charge in [0.05, 0.1) is 19.3 Å². The number of nitrogens with zero attached hydrogens (tertiary/aromatic N) is 2. The van der Waals surface area contributed by atoms with E-state index in [9.17, 15) is 45.9 Å². The molecule has 2 aliphatic heterocycles. The number of likely N-dealkylation sites (tertiary alicyclic amines) is 1. The first-order valence-corrected chi connectivity index (χ1v) is 12.7. The molecule has 2 heterocycles. The van der Waals surface area contributed by atoms with Crippen molar-refractivity contribution < 1.29 is 50.7 Å². The Morgan fingerprint density at radius 2 is 1.44 bits per heavy atom. The number of morpholine rings is 1. The Kier molecular flexibility index (Phi) is 10.8. The average molecular weight is 571 g/mol. The van der Waals surface area contributed by atoms with Crippen LogP contribution < -0.4 is 10.6 Å². The highest BCUT2D eigenvalue weighted by molar-refractivity contribution is 6.00. The third-order valence-electron chi connectivity index (χ3n) is 6.68. The number of hydrogen-bond acceptors (Lipinski definition) is 6. The van der Waals surface area contributed by atoms with Crippen molar-refractivity contribution in [3.63, 3.8) is 0 Å². The number of ether oxygens (including phenoxy) is 1. The fraction of sp³-hybridized carbons (Fsp3) is 0.792. The molecule has 0 bridgehead atoms. The van der Waals surface area contributed by atoms with Crippen LogP contribution in [-0.2, 0) is 28.7 Å². The summed E-state index contributed by atoms with van der Waals surface area (Å²) in [4.78, 5) is 65.9. The molecule has 15 heteroatoms. The summed E-state index contributed by atoms with van der Waals surface area (Å²) in [5.41, 5.74) is 0. The molecular formula is C24H35F5N4O6. The van der Waals surface area contributed by atoms with Crippen LogP contribution in [0.25, 0.3) is 0 Å². The Morgan fingerprint density at radius 1 is 0.872 bits per heavy atom. The van der Waals surface area contributed by atoms with Crippen molar-refractivity contribution in [3.05, 3.63) is 0 Å². The first-order valence-electron chi connectivity index (χ1n) is 12.7. The number of nitrogens with one attached hydrogen (secondary N) is 2. The molecule has 3 atom stereocenters. The second-order valence-corrected chi connectivity index (χ2v) is 10.3. The summed E-state index contributed by atoms with van der Waals surface area (Å²) in [6, 6.07) is -4.54. The highest BCUT2D eigenvalue weighted by atomic mass is 19.4. The van der Waals surface area contributed by atoms with Crippen LogP contribution in [-0.4, -0.2) is 102 Å². The Morgan fingerprint density at radius 3 is 1.95 bits per heavy atom. The van der Waals surface area contributed by atoms with E-state index in [1.165, 1.54) is 18.7 Å². The molecule has 4 amide bonds. The highest BCUT2D eigenvalue weighted by Gasteiger charge is 2.64. The molecule has 0 radical (unpaired) electrons. The van der Waals surface area contributed by atoms with Crippen LogP contribution in [0.4, 0.5) is 22.0 Å². The van der Waals surface area contributed by atoms with Gasteiger partial charge in [-0.25, -0.2) is 0 Å². The zero-order valence-electron chi connectivity index (χ0n) is 22.3. The molecule has 222 valence electrons. The van der Waals surface area contributed by atoms with Gasteiger partial charge in [-0.1, -0.05) is 27.7 Å². The molecule has 2 aliphatic rings. The minimum absolute atomic E-state index is 0.0573. The molecule has 2 rings (SSSR count). The van der Waals surface area contributed by atoms with Crippen LogP contribution in [0.2, 0.25) is 0 Å². The van der Waals surface area contributed by atoms with Crippen LogP contribution in [0.5, 0.6) is 0 Å². The Labute approximate surface area is 222 Å². The summed E-state index contributed by atoms with van der Waals surface area (Å²) in [7, 11) is 0. The Bertz CT molecular complexity index is 936. The van der Waals surface area contributed by atoms with Gasteiger partial charge in [0.25, 0.3) is 0 Å². The average Bonchev–Trinajstić information content (AvgIpc) is 3.34. The van der Waals surface area contributed by atoms with Gasteiger partial charge in [0.2, 0.25) is 29.4 Å². The summed E-state index contributed by atoms with van der Waals surface area (Å²) in [6.07, 6.45) is -6.26. The van der Waals surface area contributed by atoms with E-state index < -0.39 is 77.9 Å². The number of hydrogen-bond donors (Lipinski definition) is 2. The molecule has 2 fully saturated rings. The highest BCUT2D eigenvalue weighted by Crippen LogP contribution is 2.37. The van der Waals surface area contributed by atoms with Gasteiger partial charge >= 0.3 is 12.1 Å². The lowest BCUT2D eigenvalue weighted by Gasteiger charge is -2.32. The van der Waals surface area contributed by atoms with E-state index in [0.717, 1.165) is 4.90 Å². The predicted molar refractivity (Wildman–Crippen MR) is 126 cm³/mol.